The standard InChI is InChI=1S/C10H12BrNO3S2/c1-14-7-4-5-8(11)9(6-7)15-10(13)12(16-2)17-3/h4-6H,1-3H3. The summed E-state index contributed by atoms with van der Waals surface area (Å²) in [6, 6.07) is 5.20. The maximum absolute atomic E-state index is 11.7. The van der Waals surface area contributed by atoms with Crippen LogP contribution in [0.25, 0.3) is 0 Å². The Hall–Kier alpha value is -0.530. The number of rotatable bonds is 4. The number of carbonyl (C=O) groups is 1. The molecule has 0 aliphatic rings. The fourth-order valence-corrected chi connectivity index (χ4v) is 2.34. The van der Waals surface area contributed by atoms with Crippen LogP contribution in [0.4, 0.5) is 4.79 Å². The van der Waals surface area contributed by atoms with Crippen molar-refractivity contribution in [2.45, 2.75) is 0 Å². The van der Waals surface area contributed by atoms with Gasteiger partial charge in [0.2, 0.25) is 0 Å². The van der Waals surface area contributed by atoms with Gasteiger partial charge < -0.3 is 9.47 Å². The van der Waals surface area contributed by atoms with E-state index in [1.165, 1.54) is 27.6 Å². The summed E-state index contributed by atoms with van der Waals surface area (Å²) in [5.74, 6) is 1.07. The molecule has 0 saturated carbocycles. The highest BCUT2D eigenvalue weighted by Crippen LogP contribution is 2.30. The van der Waals surface area contributed by atoms with Crippen LogP contribution in [-0.4, -0.2) is 29.4 Å². The molecule has 94 valence electrons. The second-order valence-electron chi connectivity index (χ2n) is 2.79. The zero-order valence-electron chi connectivity index (χ0n) is 9.60. The van der Waals surface area contributed by atoms with Crippen molar-refractivity contribution < 1.29 is 14.3 Å². The highest BCUT2D eigenvalue weighted by molar-refractivity contribution is 9.10. The van der Waals surface area contributed by atoms with Crippen LogP contribution >= 0.6 is 39.8 Å². The summed E-state index contributed by atoms with van der Waals surface area (Å²) in [4.78, 5) is 11.7. The quantitative estimate of drug-likeness (QED) is 0.781. The van der Waals surface area contributed by atoms with Crippen LogP contribution in [0.1, 0.15) is 0 Å². The molecule has 0 unspecified atom stereocenters. The van der Waals surface area contributed by atoms with Crippen LogP contribution in [0, 0.1) is 0 Å². The van der Waals surface area contributed by atoms with E-state index in [-0.39, 0.29) is 0 Å². The molecule has 0 saturated heterocycles. The molecule has 1 aromatic carbocycles. The van der Waals surface area contributed by atoms with Crippen molar-refractivity contribution in [3.63, 3.8) is 0 Å². The lowest BCUT2D eigenvalue weighted by atomic mass is 10.3. The molecule has 1 amide bonds. The SMILES string of the molecule is COc1ccc(Br)c(OC(=O)N(SC)SC)c1. The Bertz CT molecular complexity index is 399. The van der Waals surface area contributed by atoms with E-state index in [1.54, 1.807) is 37.8 Å². The molecule has 1 rings (SSSR count). The van der Waals surface area contributed by atoms with E-state index >= 15 is 0 Å². The minimum absolute atomic E-state index is 0.432. The Balaban J connectivity index is 2.83. The van der Waals surface area contributed by atoms with E-state index in [0.29, 0.717) is 16.0 Å². The number of methoxy groups -OCH3 is 1. The summed E-state index contributed by atoms with van der Waals surface area (Å²) in [5.41, 5.74) is 0. The molecule has 17 heavy (non-hydrogen) atoms. The van der Waals surface area contributed by atoms with Crippen molar-refractivity contribution >= 4 is 45.9 Å². The summed E-state index contributed by atoms with van der Waals surface area (Å²) in [6.07, 6.45) is 3.18. The third-order valence-corrected chi connectivity index (χ3v) is 4.33. The van der Waals surface area contributed by atoms with Crippen LogP contribution in [0.15, 0.2) is 22.7 Å². The summed E-state index contributed by atoms with van der Waals surface area (Å²) in [7, 11) is 1.56. The summed E-state index contributed by atoms with van der Waals surface area (Å²) < 4.78 is 12.5. The van der Waals surface area contributed by atoms with Crippen LogP contribution in [-0.2, 0) is 0 Å². The molecule has 0 atom stereocenters. The molecule has 0 aliphatic heterocycles. The molecule has 0 bridgehead atoms. The predicted molar refractivity (Wildman–Crippen MR) is 75.6 cm³/mol. The Morgan fingerprint density at radius 1 is 1.35 bits per heavy atom. The molecule has 0 aromatic heterocycles. The van der Waals surface area contributed by atoms with Gasteiger partial charge in [-0.15, -0.1) is 0 Å². The number of hydrogen-bond donors (Lipinski definition) is 0. The van der Waals surface area contributed by atoms with Crippen molar-refractivity contribution in [1.29, 1.82) is 0 Å². The van der Waals surface area contributed by atoms with Gasteiger partial charge >= 0.3 is 6.09 Å². The second kappa shape index (κ2) is 7.03. The first kappa shape index (κ1) is 14.5. The molecule has 0 N–H and O–H groups in total. The molecule has 1 aromatic rings. The molecule has 7 heteroatoms. The van der Waals surface area contributed by atoms with Crippen LogP contribution in [0.5, 0.6) is 11.5 Å². The van der Waals surface area contributed by atoms with E-state index in [1.807, 2.05) is 0 Å². The highest BCUT2D eigenvalue weighted by Gasteiger charge is 2.16. The minimum Gasteiger partial charge on any atom is -0.497 e. The van der Waals surface area contributed by atoms with Gasteiger partial charge in [0.25, 0.3) is 0 Å². The molecule has 0 aliphatic carbocycles. The number of amides is 1. The Kier molecular flexibility index (Phi) is 6.01. The lowest BCUT2D eigenvalue weighted by Gasteiger charge is -2.15. The molecular weight excluding hydrogens is 326 g/mol. The van der Waals surface area contributed by atoms with Gasteiger partial charge in [0, 0.05) is 18.6 Å². The van der Waals surface area contributed by atoms with Crippen molar-refractivity contribution in [1.82, 2.24) is 3.71 Å². The van der Waals surface area contributed by atoms with Crippen molar-refractivity contribution in [3.05, 3.63) is 22.7 Å². The first-order valence-corrected chi connectivity index (χ1v) is 7.71. The third-order valence-electron chi connectivity index (χ3n) is 1.82. The monoisotopic (exact) mass is 337 g/mol. The second-order valence-corrected chi connectivity index (χ2v) is 5.33. The number of carbonyl (C=O) groups excluding carboxylic acids is 1. The Morgan fingerprint density at radius 2 is 2.00 bits per heavy atom. The fourth-order valence-electron chi connectivity index (χ4n) is 1.04. The molecule has 0 spiro atoms. The lowest BCUT2D eigenvalue weighted by Crippen LogP contribution is -2.20. The minimum atomic E-state index is -0.432. The van der Waals surface area contributed by atoms with Crippen molar-refractivity contribution in [2.75, 3.05) is 19.6 Å². The van der Waals surface area contributed by atoms with Gasteiger partial charge in [0.1, 0.15) is 5.75 Å². The third kappa shape index (κ3) is 4.01. The van der Waals surface area contributed by atoms with Gasteiger partial charge in [0.15, 0.2) is 5.75 Å². The van der Waals surface area contributed by atoms with E-state index in [9.17, 15) is 4.79 Å². The van der Waals surface area contributed by atoms with Crippen LogP contribution in [0.3, 0.4) is 0 Å². The smallest absolute Gasteiger partial charge is 0.435 e. The Morgan fingerprint density at radius 3 is 2.53 bits per heavy atom. The summed E-state index contributed by atoms with van der Waals surface area (Å²) in [6.45, 7) is 0. The fraction of sp³-hybridized carbons (Fsp3) is 0.300. The number of hydrogen-bond acceptors (Lipinski definition) is 5. The molecule has 4 nitrogen and oxygen atoms in total. The number of ether oxygens (including phenoxy) is 2. The molecule has 0 fully saturated rings. The van der Waals surface area contributed by atoms with E-state index in [0.717, 1.165) is 0 Å². The first-order valence-electron chi connectivity index (χ1n) is 4.56. The summed E-state index contributed by atoms with van der Waals surface area (Å²) in [5, 5.41) is 0. The zero-order valence-corrected chi connectivity index (χ0v) is 12.8. The predicted octanol–water partition coefficient (Wildman–Crippen LogP) is 3.81. The van der Waals surface area contributed by atoms with Gasteiger partial charge in [-0.05, 0) is 52.0 Å². The van der Waals surface area contributed by atoms with Gasteiger partial charge in [-0.3, -0.25) is 0 Å². The van der Waals surface area contributed by atoms with Gasteiger partial charge in [-0.2, -0.15) is 3.71 Å². The van der Waals surface area contributed by atoms with Crippen molar-refractivity contribution in [3.8, 4) is 11.5 Å². The molecule has 0 radical (unpaired) electrons. The number of benzene rings is 1. The largest absolute Gasteiger partial charge is 0.497 e. The molecular formula is C10H12BrNO3S2. The van der Waals surface area contributed by atoms with Gasteiger partial charge in [-0.25, -0.2) is 4.79 Å². The lowest BCUT2D eigenvalue weighted by molar-refractivity contribution is 0.196. The average Bonchev–Trinajstić information content (AvgIpc) is 2.33. The Labute approximate surface area is 117 Å². The number of nitrogens with zero attached hydrogens (tertiary/aromatic N) is 1. The van der Waals surface area contributed by atoms with Crippen LogP contribution < -0.4 is 9.47 Å². The van der Waals surface area contributed by atoms with E-state index < -0.39 is 6.09 Å². The van der Waals surface area contributed by atoms with Gasteiger partial charge in [0.05, 0.1) is 11.6 Å². The van der Waals surface area contributed by atoms with Crippen LogP contribution in [0.2, 0.25) is 0 Å². The zero-order chi connectivity index (χ0) is 12.8. The maximum atomic E-state index is 11.7. The highest BCUT2D eigenvalue weighted by atomic mass is 79.9. The number of halogens is 1. The van der Waals surface area contributed by atoms with Crippen molar-refractivity contribution in [2.24, 2.45) is 0 Å². The van der Waals surface area contributed by atoms with Gasteiger partial charge in [-0.1, -0.05) is 0 Å². The topological polar surface area (TPSA) is 38.8 Å². The first-order chi connectivity index (χ1) is 8.12. The summed E-state index contributed by atoms with van der Waals surface area (Å²) >= 11 is 5.89. The average molecular weight is 338 g/mol. The molecule has 0 heterocycles. The van der Waals surface area contributed by atoms with E-state index in [4.69, 9.17) is 9.47 Å². The maximum Gasteiger partial charge on any atom is 0.435 e. The van der Waals surface area contributed by atoms with E-state index in [2.05, 4.69) is 15.9 Å². The normalized spacial score (nSPS) is 9.88.